The van der Waals surface area contributed by atoms with Gasteiger partial charge in [-0.05, 0) is 79.2 Å². The van der Waals surface area contributed by atoms with Crippen molar-refractivity contribution >= 4 is 23.3 Å². The smallest absolute Gasteiger partial charge is 0.326 e. The first kappa shape index (κ1) is 25.4. The number of para-hydroxylation sites is 2. The normalized spacial score (nSPS) is 10.4. The van der Waals surface area contributed by atoms with Crippen LogP contribution in [0, 0.1) is 11.6 Å². The summed E-state index contributed by atoms with van der Waals surface area (Å²) in [6.45, 7) is 0.512. The Labute approximate surface area is 213 Å². The lowest BCUT2D eigenvalue weighted by molar-refractivity contribution is 0.0953. The zero-order chi connectivity index (χ0) is 26.0. The van der Waals surface area contributed by atoms with Crippen molar-refractivity contribution in [1.82, 2.24) is 5.32 Å². The maximum absolute atomic E-state index is 14.1. The molecule has 188 valence electrons. The molecule has 0 saturated heterocycles. The maximum Gasteiger partial charge on any atom is 0.326 e. The van der Waals surface area contributed by atoms with Gasteiger partial charge in [-0.25, -0.2) is 13.6 Å². The predicted octanol–water partition coefficient (Wildman–Crippen LogP) is 6.62. The van der Waals surface area contributed by atoms with E-state index in [1.165, 1.54) is 47.4 Å². The third kappa shape index (κ3) is 7.14. The molecule has 0 atom stereocenters. The number of amides is 3. The van der Waals surface area contributed by atoms with Crippen LogP contribution in [0.5, 0.6) is 11.5 Å². The van der Waals surface area contributed by atoms with Gasteiger partial charge in [-0.2, -0.15) is 0 Å². The minimum Gasteiger partial charge on any atom is -0.457 e. The van der Waals surface area contributed by atoms with E-state index in [1.54, 1.807) is 30.3 Å². The van der Waals surface area contributed by atoms with Crippen LogP contribution in [0.1, 0.15) is 16.8 Å². The van der Waals surface area contributed by atoms with Crippen molar-refractivity contribution in [3.63, 3.8) is 0 Å². The molecule has 0 bridgehead atoms. The van der Waals surface area contributed by atoms with E-state index >= 15 is 0 Å². The van der Waals surface area contributed by atoms with Gasteiger partial charge in [0.1, 0.15) is 23.1 Å². The second-order valence-corrected chi connectivity index (χ2v) is 8.09. The highest BCUT2D eigenvalue weighted by atomic mass is 19.1. The summed E-state index contributed by atoms with van der Waals surface area (Å²) in [6, 6.07) is 26.9. The van der Waals surface area contributed by atoms with Crippen LogP contribution in [0.25, 0.3) is 0 Å². The fourth-order valence-corrected chi connectivity index (χ4v) is 3.55. The molecule has 0 aliphatic carbocycles. The van der Waals surface area contributed by atoms with Crippen molar-refractivity contribution in [2.24, 2.45) is 0 Å². The average Bonchev–Trinajstić information content (AvgIpc) is 2.91. The first-order chi connectivity index (χ1) is 18.0. The van der Waals surface area contributed by atoms with Crippen LogP contribution in [-0.2, 0) is 0 Å². The molecule has 0 saturated carbocycles. The zero-order valence-corrected chi connectivity index (χ0v) is 19.9. The van der Waals surface area contributed by atoms with Crippen LogP contribution >= 0.6 is 0 Å². The lowest BCUT2D eigenvalue weighted by atomic mass is 10.2. The standard InChI is InChI=1S/C29H25F2N3O3/c30-22-13-11-21(12-14-22)28(35)32-19-6-20-34(29(36)33-27-10-5-4-9-26(27)31)23-15-17-25(18-16-23)37-24-7-2-1-3-8-24/h1-5,7-18H,6,19-20H2,(H,32,35)(H,33,36). The van der Waals surface area contributed by atoms with Crippen molar-refractivity contribution in [2.75, 3.05) is 23.3 Å². The first-order valence-electron chi connectivity index (χ1n) is 11.7. The molecular weight excluding hydrogens is 476 g/mol. The van der Waals surface area contributed by atoms with Crippen LogP contribution in [0.3, 0.4) is 0 Å². The van der Waals surface area contributed by atoms with Crippen molar-refractivity contribution < 1.29 is 23.1 Å². The van der Waals surface area contributed by atoms with Crippen molar-refractivity contribution in [1.29, 1.82) is 0 Å². The molecule has 0 spiro atoms. The molecule has 6 nitrogen and oxygen atoms in total. The van der Waals surface area contributed by atoms with Gasteiger partial charge >= 0.3 is 6.03 Å². The van der Waals surface area contributed by atoms with Crippen LogP contribution in [0.15, 0.2) is 103 Å². The third-order valence-electron chi connectivity index (χ3n) is 5.44. The summed E-state index contributed by atoms with van der Waals surface area (Å²) in [5.74, 6) is -0.0377. The summed E-state index contributed by atoms with van der Waals surface area (Å²) in [4.78, 5) is 26.9. The fraction of sp³-hybridized carbons (Fsp3) is 0.103. The number of urea groups is 1. The van der Waals surface area contributed by atoms with E-state index in [2.05, 4.69) is 10.6 Å². The molecule has 4 rings (SSSR count). The molecule has 4 aromatic carbocycles. The number of carbonyl (C=O) groups excluding carboxylic acids is 2. The van der Waals surface area contributed by atoms with Crippen molar-refractivity contribution in [3.05, 3.63) is 120 Å². The largest absolute Gasteiger partial charge is 0.457 e. The van der Waals surface area contributed by atoms with Gasteiger partial charge in [-0.3, -0.25) is 9.69 Å². The van der Waals surface area contributed by atoms with E-state index < -0.39 is 17.7 Å². The molecule has 4 aromatic rings. The minimum absolute atomic E-state index is 0.0612. The Bertz CT molecular complexity index is 1330. The highest BCUT2D eigenvalue weighted by molar-refractivity contribution is 6.01. The Hall–Kier alpha value is -4.72. The Morgan fingerprint density at radius 2 is 1.41 bits per heavy atom. The summed E-state index contributed by atoms with van der Waals surface area (Å²) < 4.78 is 33.0. The van der Waals surface area contributed by atoms with Gasteiger partial charge in [-0.1, -0.05) is 30.3 Å². The van der Waals surface area contributed by atoms with Crippen molar-refractivity contribution in [3.8, 4) is 11.5 Å². The molecule has 3 amide bonds. The molecule has 8 heteroatoms. The quantitative estimate of drug-likeness (QED) is 0.253. The summed E-state index contributed by atoms with van der Waals surface area (Å²) in [7, 11) is 0. The van der Waals surface area contributed by atoms with Crippen LogP contribution in [-0.4, -0.2) is 25.0 Å². The van der Waals surface area contributed by atoms with Gasteiger partial charge < -0.3 is 15.4 Å². The number of benzene rings is 4. The van der Waals surface area contributed by atoms with E-state index in [0.29, 0.717) is 29.2 Å². The molecule has 0 aliphatic heterocycles. The van der Waals surface area contributed by atoms with Crippen LogP contribution in [0.2, 0.25) is 0 Å². The van der Waals surface area contributed by atoms with Crippen LogP contribution in [0.4, 0.5) is 25.0 Å². The Morgan fingerprint density at radius 1 is 0.757 bits per heavy atom. The van der Waals surface area contributed by atoms with Gasteiger partial charge in [0, 0.05) is 24.3 Å². The van der Waals surface area contributed by atoms with Gasteiger partial charge in [0.25, 0.3) is 5.91 Å². The van der Waals surface area contributed by atoms with Crippen LogP contribution < -0.4 is 20.3 Å². The fourth-order valence-electron chi connectivity index (χ4n) is 3.55. The lowest BCUT2D eigenvalue weighted by Crippen LogP contribution is -2.37. The minimum atomic E-state index is -0.547. The first-order valence-corrected chi connectivity index (χ1v) is 11.7. The van der Waals surface area contributed by atoms with E-state index in [4.69, 9.17) is 4.74 Å². The van der Waals surface area contributed by atoms with E-state index in [0.717, 1.165) is 0 Å². The number of nitrogens with zero attached hydrogens (tertiary/aromatic N) is 1. The Kier molecular flexibility index (Phi) is 8.44. The number of nitrogens with one attached hydrogen (secondary N) is 2. The second kappa shape index (κ2) is 12.3. The molecule has 0 fully saturated rings. The van der Waals surface area contributed by atoms with Crippen molar-refractivity contribution in [2.45, 2.75) is 6.42 Å². The van der Waals surface area contributed by atoms with Gasteiger partial charge in [0.15, 0.2) is 0 Å². The highest BCUT2D eigenvalue weighted by Gasteiger charge is 2.18. The summed E-state index contributed by atoms with van der Waals surface area (Å²) in [5.41, 5.74) is 0.967. The second-order valence-electron chi connectivity index (χ2n) is 8.09. The topological polar surface area (TPSA) is 70.7 Å². The number of anilines is 2. The predicted molar refractivity (Wildman–Crippen MR) is 139 cm³/mol. The number of halogens is 2. The highest BCUT2D eigenvalue weighted by Crippen LogP contribution is 2.25. The van der Waals surface area contributed by atoms with E-state index in [-0.39, 0.29) is 24.7 Å². The Morgan fingerprint density at radius 3 is 2.11 bits per heavy atom. The molecule has 0 aromatic heterocycles. The monoisotopic (exact) mass is 501 g/mol. The van der Waals surface area contributed by atoms with Gasteiger partial charge in [0.2, 0.25) is 0 Å². The number of hydrogen-bond donors (Lipinski definition) is 2. The third-order valence-corrected chi connectivity index (χ3v) is 5.44. The SMILES string of the molecule is O=C(NCCCN(C(=O)Nc1ccccc1F)c1ccc(Oc2ccccc2)cc1)c1ccc(F)cc1. The number of rotatable bonds is 9. The van der Waals surface area contributed by atoms with E-state index in [9.17, 15) is 18.4 Å². The average molecular weight is 502 g/mol. The van der Waals surface area contributed by atoms with Gasteiger partial charge in [0.05, 0.1) is 5.69 Å². The van der Waals surface area contributed by atoms with E-state index in [1.807, 2.05) is 30.3 Å². The number of carbonyl (C=O) groups is 2. The molecule has 37 heavy (non-hydrogen) atoms. The molecule has 2 N–H and O–H groups in total. The summed E-state index contributed by atoms with van der Waals surface area (Å²) in [5, 5.41) is 5.36. The summed E-state index contributed by atoms with van der Waals surface area (Å²) >= 11 is 0. The van der Waals surface area contributed by atoms with Gasteiger partial charge in [-0.15, -0.1) is 0 Å². The maximum atomic E-state index is 14.1. The zero-order valence-electron chi connectivity index (χ0n) is 19.9. The number of ether oxygens (including phenoxy) is 1. The molecular formula is C29H25F2N3O3. The molecule has 0 unspecified atom stereocenters. The molecule has 0 radical (unpaired) electrons. The number of hydrogen-bond acceptors (Lipinski definition) is 3. The molecule has 0 heterocycles. The summed E-state index contributed by atoms with van der Waals surface area (Å²) in [6.07, 6.45) is 0.417. The molecule has 0 aliphatic rings. The lowest BCUT2D eigenvalue weighted by Gasteiger charge is -2.24. The Balaban J connectivity index is 1.43.